The molecular formula is C33H29NO4. The molecule has 5 heteroatoms. The maximum absolute atomic E-state index is 12.0. The Balaban J connectivity index is 0.000000155. The Kier molecular flexibility index (Phi) is 7.09. The van der Waals surface area contributed by atoms with Gasteiger partial charge in [-0.15, -0.1) is 0 Å². The van der Waals surface area contributed by atoms with Crippen molar-refractivity contribution in [3.05, 3.63) is 136 Å². The van der Waals surface area contributed by atoms with Crippen molar-refractivity contribution in [2.24, 2.45) is 5.92 Å². The second-order valence-corrected chi connectivity index (χ2v) is 9.83. The van der Waals surface area contributed by atoms with Gasteiger partial charge in [-0.3, -0.25) is 4.79 Å². The van der Waals surface area contributed by atoms with Gasteiger partial charge >= 0.3 is 5.97 Å². The first-order chi connectivity index (χ1) is 18.4. The minimum Gasteiger partial charge on any atom is -0.507 e. The van der Waals surface area contributed by atoms with Crippen LogP contribution < -0.4 is 5.32 Å². The average Bonchev–Trinajstić information content (AvgIpc) is 3.55. The van der Waals surface area contributed by atoms with Crippen LogP contribution >= 0.6 is 0 Å². The Morgan fingerprint density at radius 3 is 2.08 bits per heavy atom. The normalized spacial score (nSPS) is 13.6. The van der Waals surface area contributed by atoms with Crippen molar-refractivity contribution in [1.29, 1.82) is 0 Å². The number of benzene rings is 4. The van der Waals surface area contributed by atoms with Gasteiger partial charge in [-0.2, -0.15) is 0 Å². The molecule has 3 N–H and O–H groups in total. The van der Waals surface area contributed by atoms with Gasteiger partial charge < -0.3 is 15.5 Å². The summed E-state index contributed by atoms with van der Waals surface area (Å²) in [5, 5.41) is 20.9. The molecular weight excluding hydrogens is 474 g/mol. The van der Waals surface area contributed by atoms with Gasteiger partial charge in [0.2, 0.25) is 0 Å². The van der Waals surface area contributed by atoms with Crippen molar-refractivity contribution in [3.63, 3.8) is 0 Å². The lowest BCUT2D eigenvalue weighted by Crippen LogP contribution is -2.12. The van der Waals surface area contributed by atoms with Gasteiger partial charge in [0.05, 0.1) is 0 Å². The van der Waals surface area contributed by atoms with Crippen LogP contribution in [0.4, 0.5) is 5.69 Å². The third kappa shape index (κ3) is 5.52. The summed E-state index contributed by atoms with van der Waals surface area (Å²) in [7, 11) is 0. The van der Waals surface area contributed by atoms with Gasteiger partial charge in [0, 0.05) is 11.3 Å². The number of phenols is 1. The molecule has 6 rings (SSSR count). The fourth-order valence-corrected chi connectivity index (χ4v) is 5.08. The molecule has 0 heterocycles. The van der Waals surface area contributed by atoms with E-state index in [-0.39, 0.29) is 17.2 Å². The lowest BCUT2D eigenvalue weighted by molar-refractivity contribution is 0.0693. The lowest BCUT2D eigenvalue weighted by Gasteiger charge is -2.10. The maximum atomic E-state index is 12.0. The quantitative estimate of drug-likeness (QED) is 0.271. The molecule has 0 spiro atoms. The van der Waals surface area contributed by atoms with E-state index in [2.05, 4.69) is 59.9 Å². The number of amides is 1. The minimum atomic E-state index is -1.26. The number of anilines is 1. The summed E-state index contributed by atoms with van der Waals surface area (Å²) in [6.45, 7) is 1.92. The molecule has 4 aromatic rings. The van der Waals surface area contributed by atoms with Crippen molar-refractivity contribution < 1.29 is 19.8 Å². The molecule has 0 aliphatic heterocycles. The Bertz CT molecular complexity index is 1510. The maximum Gasteiger partial charge on any atom is 0.339 e. The van der Waals surface area contributed by atoms with E-state index in [9.17, 15) is 14.7 Å². The van der Waals surface area contributed by atoms with Crippen LogP contribution in [0.5, 0.6) is 5.75 Å². The summed E-state index contributed by atoms with van der Waals surface area (Å²) in [6, 6.07) is 28.6. The first-order valence-electron chi connectivity index (χ1n) is 12.7. The van der Waals surface area contributed by atoms with Gasteiger partial charge in [0.1, 0.15) is 11.3 Å². The number of rotatable bonds is 4. The number of nitrogens with one attached hydrogen (secondary N) is 1. The smallest absolute Gasteiger partial charge is 0.339 e. The van der Waals surface area contributed by atoms with E-state index in [4.69, 9.17) is 5.11 Å². The largest absolute Gasteiger partial charge is 0.507 e. The molecule has 0 unspecified atom stereocenters. The van der Waals surface area contributed by atoms with E-state index in [1.807, 2.05) is 19.1 Å². The minimum absolute atomic E-state index is 0.258. The highest BCUT2D eigenvalue weighted by atomic mass is 16.4. The van der Waals surface area contributed by atoms with Crippen LogP contribution in [0.25, 0.3) is 6.08 Å². The second kappa shape index (κ2) is 10.8. The molecule has 2 aliphatic rings. The molecule has 0 saturated carbocycles. The molecule has 0 aromatic heterocycles. The fraction of sp³-hybridized carbons (Fsp3) is 0.152. The van der Waals surface area contributed by atoms with E-state index < -0.39 is 5.97 Å². The number of fused-ring (bicyclic) bond motifs is 2. The SMILES string of the molecule is C1=C(C2Cc3ccccc3C2)Cc2ccccc21.Cc1ccc(C(=O)Nc2ccc(O)c(C(=O)O)c2)cc1. The van der Waals surface area contributed by atoms with E-state index >= 15 is 0 Å². The molecule has 0 bridgehead atoms. The number of aryl methyl sites for hydroxylation is 1. The van der Waals surface area contributed by atoms with Crippen molar-refractivity contribution in [2.75, 3.05) is 5.32 Å². The summed E-state index contributed by atoms with van der Waals surface area (Å²) in [5.41, 5.74) is 9.25. The monoisotopic (exact) mass is 503 g/mol. The Hall–Kier alpha value is -4.64. The second-order valence-electron chi connectivity index (χ2n) is 9.83. The van der Waals surface area contributed by atoms with Crippen LogP contribution in [-0.4, -0.2) is 22.1 Å². The third-order valence-electron chi connectivity index (χ3n) is 7.16. The molecule has 0 fully saturated rings. The lowest BCUT2D eigenvalue weighted by atomic mass is 9.94. The Labute approximate surface area is 222 Å². The van der Waals surface area contributed by atoms with E-state index in [0.29, 0.717) is 11.3 Å². The van der Waals surface area contributed by atoms with Gasteiger partial charge in [-0.05, 0) is 84.7 Å². The summed E-state index contributed by atoms with van der Waals surface area (Å²) in [4.78, 5) is 22.9. The van der Waals surface area contributed by atoms with Crippen molar-refractivity contribution in [3.8, 4) is 5.75 Å². The number of hydrogen-bond acceptors (Lipinski definition) is 3. The Morgan fingerprint density at radius 1 is 0.816 bits per heavy atom. The van der Waals surface area contributed by atoms with Crippen LogP contribution in [0.1, 0.15) is 48.5 Å². The number of aromatic carboxylic acids is 1. The number of aromatic hydroxyl groups is 1. The average molecular weight is 504 g/mol. The van der Waals surface area contributed by atoms with Crippen molar-refractivity contribution in [2.45, 2.75) is 26.2 Å². The zero-order chi connectivity index (χ0) is 26.6. The van der Waals surface area contributed by atoms with Gasteiger partial charge in [-0.25, -0.2) is 4.79 Å². The third-order valence-corrected chi connectivity index (χ3v) is 7.16. The number of carboxylic acid groups (broad SMARTS) is 1. The fourth-order valence-electron chi connectivity index (χ4n) is 5.08. The molecule has 4 aromatic carbocycles. The molecule has 2 aliphatic carbocycles. The zero-order valence-corrected chi connectivity index (χ0v) is 21.1. The summed E-state index contributed by atoms with van der Waals surface area (Å²) in [6.07, 6.45) is 6.05. The van der Waals surface area contributed by atoms with Gasteiger partial charge in [0.25, 0.3) is 5.91 Å². The van der Waals surface area contributed by atoms with E-state index in [0.717, 1.165) is 17.9 Å². The number of carbonyl (C=O) groups is 2. The highest BCUT2D eigenvalue weighted by Crippen LogP contribution is 2.37. The van der Waals surface area contributed by atoms with Crippen molar-refractivity contribution in [1.82, 2.24) is 0 Å². The van der Waals surface area contributed by atoms with Crippen LogP contribution in [0, 0.1) is 12.8 Å². The van der Waals surface area contributed by atoms with Crippen LogP contribution in [-0.2, 0) is 19.3 Å². The highest BCUT2D eigenvalue weighted by Gasteiger charge is 2.26. The predicted molar refractivity (Wildman–Crippen MR) is 150 cm³/mol. The first-order valence-corrected chi connectivity index (χ1v) is 12.7. The van der Waals surface area contributed by atoms with Crippen molar-refractivity contribution >= 4 is 23.6 Å². The summed E-state index contributed by atoms with van der Waals surface area (Å²) < 4.78 is 0. The number of carbonyl (C=O) groups excluding carboxylic acids is 1. The summed E-state index contributed by atoms with van der Waals surface area (Å²) >= 11 is 0. The molecule has 0 atom stereocenters. The van der Waals surface area contributed by atoms with E-state index in [1.165, 1.54) is 42.2 Å². The summed E-state index contributed by atoms with van der Waals surface area (Å²) in [5.74, 6) is -1.21. The number of carboxylic acids is 1. The van der Waals surface area contributed by atoms with Crippen LogP contribution in [0.15, 0.2) is 96.6 Å². The molecule has 5 nitrogen and oxygen atoms in total. The molecule has 190 valence electrons. The topological polar surface area (TPSA) is 86.6 Å². The van der Waals surface area contributed by atoms with E-state index in [1.54, 1.807) is 28.8 Å². The predicted octanol–water partition coefficient (Wildman–Crippen LogP) is 6.69. The number of hydrogen-bond donors (Lipinski definition) is 3. The standard InChI is InChI=1S/C18H16.C15H13NO4/c1-2-6-14-10-17(9-13(14)5-1)18-11-15-7-3-4-8-16(15)12-18;1-9-2-4-10(5-3-9)14(18)16-11-6-7-13(17)12(8-11)15(19)20/h1-9,18H,10-12H2;2-8,17H,1H3,(H,16,18)(H,19,20). The van der Waals surface area contributed by atoms with Crippen LogP contribution in [0.3, 0.4) is 0 Å². The zero-order valence-electron chi connectivity index (χ0n) is 21.1. The molecule has 38 heavy (non-hydrogen) atoms. The van der Waals surface area contributed by atoms with Gasteiger partial charge in [0.15, 0.2) is 0 Å². The molecule has 0 radical (unpaired) electrons. The Morgan fingerprint density at radius 2 is 1.45 bits per heavy atom. The first kappa shape index (κ1) is 25.0. The van der Waals surface area contributed by atoms with Gasteiger partial charge in [-0.1, -0.05) is 77.9 Å². The van der Waals surface area contributed by atoms with Crippen LogP contribution in [0.2, 0.25) is 0 Å². The molecule has 1 amide bonds. The highest BCUT2D eigenvalue weighted by molar-refractivity contribution is 6.05. The molecule has 0 saturated heterocycles. The number of allylic oxidation sites excluding steroid dienone is 1.